The summed E-state index contributed by atoms with van der Waals surface area (Å²) in [5.41, 5.74) is 0. The summed E-state index contributed by atoms with van der Waals surface area (Å²) in [7, 11) is 0. The second-order valence-electron chi connectivity index (χ2n) is 6.07. The van der Waals surface area contributed by atoms with Crippen LogP contribution in [0.25, 0.3) is 0 Å². The van der Waals surface area contributed by atoms with E-state index in [0.717, 1.165) is 57.8 Å². The van der Waals surface area contributed by atoms with Gasteiger partial charge >= 0.3 is 11.9 Å². The molecule has 0 aromatic carbocycles. The molecule has 1 amide bonds. The summed E-state index contributed by atoms with van der Waals surface area (Å²) in [6.07, 6.45) is 4.46. The maximum atomic E-state index is 11.5. The summed E-state index contributed by atoms with van der Waals surface area (Å²) < 4.78 is 15.3. The van der Waals surface area contributed by atoms with Crippen molar-refractivity contribution in [3.05, 3.63) is 12.2 Å². The van der Waals surface area contributed by atoms with Crippen LogP contribution >= 0.6 is 0 Å². The van der Waals surface area contributed by atoms with E-state index in [0.29, 0.717) is 19.6 Å². The number of nitrogens with one attached hydrogen (secondary N) is 1. The number of ether oxygens (including phenoxy) is 3. The van der Waals surface area contributed by atoms with Crippen molar-refractivity contribution >= 4 is 17.8 Å². The third-order valence-electron chi connectivity index (χ3n) is 4.16. The highest BCUT2D eigenvalue weighted by Gasteiger charge is 2.25. The second-order valence-corrected chi connectivity index (χ2v) is 6.07. The number of rotatable bonds is 9. The number of hydrogen-bond acceptors (Lipinski definition) is 7. The Labute approximate surface area is 147 Å². The average Bonchev–Trinajstić information content (AvgIpc) is 3.03. The van der Waals surface area contributed by atoms with E-state index in [1.807, 2.05) is 0 Å². The van der Waals surface area contributed by atoms with Crippen LogP contribution in [0.1, 0.15) is 19.3 Å². The molecule has 8 nitrogen and oxygen atoms in total. The van der Waals surface area contributed by atoms with E-state index >= 15 is 0 Å². The van der Waals surface area contributed by atoms with Gasteiger partial charge in [0.1, 0.15) is 6.61 Å². The largest absolute Gasteiger partial charge is 0.463 e. The number of esters is 2. The molecule has 0 radical (unpaired) electrons. The zero-order valence-corrected chi connectivity index (χ0v) is 14.4. The Bertz CT molecular complexity index is 488. The molecule has 2 rings (SSSR count). The smallest absolute Gasteiger partial charge is 0.331 e. The minimum Gasteiger partial charge on any atom is -0.463 e. The summed E-state index contributed by atoms with van der Waals surface area (Å²) in [5.74, 6) is -1.62. The summed E-state index contributed by atoms with van der Waals surface area (Å²) in [4.78, 5) is 36.7. The third kappa shape index (κ3) is 7.66. The number of carbonyl (C=O) groups excluding carboxylic acids is 3. The average molecular weight is 354 g/mol. The van der Waals surface area contributed by atoms with Crippen LogP contribution in [0.2, 0.25) is 0 Å². The Balaban J connectivity index is 1.49. The van der Waals surface area contributed by atoms with Crippen LogP contribution in [-0.2, 0) is 28.6 Å². The fourth-order valence-corrected chi connectivity index (χ4v) is 2.65. The van der Waals surface area contributed by atoms with Gasteiger partial charge in [-0.25, -0.2) is 9.59 Å². The molecule has 2 aliphatic heterocycles. The molecule has 140 valence electrons. The van der Waals surface area contributed by atoms with E-state index in [2.05, 4.69) is 10.2 Å². The predicted octanol–water partition coefficient (Wildman–Crippen LogP) is -0.122. The standard InChI is InChI=1S/C17H26N2O6/c20-15(24-10-2-1-7-19-8-11-23-12-9-19)3-4-16(21)25-13-14-5-6-18-17(14)22/h3-4,14H,1-2,5-13H2,(H,18,22)/b4-3+. The maximum Gasteiger partial charge on any atom is 0.331 e. The fraction of sp³-hybridized carbons (Fsp3) is 0.706. The van der Waals surface area contributed by atoms with Gasteiger partial charge in [0, 0.05) is 31.8 Å². The lowest BCUT2D eigenvalue weighted by Crippen LogP contribution is -2.36. The fourth-order valence-electron chi connectivity index (χ4n) is 2.65. The van der Waals surface area contributed by atoms with Gasteiger partial charge in [-0.1, -0.05) is 0 Å². The lowest BCUT2D eigenvalue weighted by molar-refractivity contribution is -0.142. The minimum atomic E-state index is -0.649. The summed E-state index contributed by atoms with van der Waals surface area (Å²) in [6, 6.07) is 0. The van der Waals surface area contributed by atoms with E-state index in [-0.39, 0.29) is 18.4 Å². The molecule has 1 unspecified atom stereocenters. The Hall–Kier alpha value is -1.93. The van der Waals surface area contributed by atoms with Crippen LogP contribution in [0.3, 0.4) is 0 Å². The maximum absolute atomic E-state index is 11.5. The number of amides is 1. The van der Waals surface area contributed by atoms with Crippen LogP contribution in [0.5, 0.6) is 0 Å². The second kappa shape index (κ2) is 10.8. The van der Waals surface area contributed by atoms with Gasteiger partial charge in [0.05, 0.1) is 25.7 Å². The molecule has 2 saturated heterocycles. The highest BCUT2D eigenvalue weighted by molar-refractivity contribution is 5.91. The lowest BCUT2D eigenvalue weighted by atomic mass is 10.1. The lowest BCUT2D eigenvalue weighted by Gasteiger charge is -2.26. The number of unbranched alkanes of at least 4 members (excludes halogenated alkanes) is 1. The molecule has 2 fully saturated rings. The first-order valence-electron chi connectivity index (χ1n) is 8.74. The van der Waals surface area contributed by atoms with Crippen molar-refractivity contribution in [1.29, 1.82) is 0 Å². The molecule has 1 atom stereocenters. The Morgan fingerprint density at radius 2 is 1.88 bits per heavy atom. The first kappa shape index (κ1) is 19.4. The number of nitrogens with zero attached hydrogens (tertiary/aromatic N) is 1. The van der Waals surface area contributed by atoms with Crippen LogP contribution in [0, 0.1) is 5.92 Å². The van der Waals surface area contributed by atoms with Gasteiger partial charge in [0.2, 0.25) is 5.91 Å². The molecule has 2 heterocycles. The molecule has 0 aliphatic carbocycles. The molecule has 25 heavy (non-hydrogen) atoms. The van der Waals surface area contributed by atoms with Gasteiger partial charge in [0.15, 0.2) is 0 Å². The first-order valence-corrected chi connectivity index (χ1v) is 8.74. The quantitative estimate of drug-likeness (QED) is 0.350. The molecule has 0 aromatic heterocycles. The zero-order valence-electron chi connectivity index (χ0n) is 14.4. The number of hydrogen-bond donors (Lipinski definition) is 1. The summed E-state index contributed by atoms with van der Waals surface area (Å²) in [6.45, 7) is 5.39. The molecular formula is C17H26N2O6. The highest BCUT2D eigenvalue weighted by Crippen LogP contribution is 2.09. The molecule has 0 spiro atoms. The van der Waals surface area contributed by atoms with Crippen LogP contribution in [0.4, 0.5) is 0 Å². The summed E-state index contributed by atoms with van der Waals surface area (Å²) in [5, 5.41) is 2.67. The van der Waals surface area contributed by atoms with E-state index in [9.17, 15) is 14.4 Å². The molecule has 2 aliphatic rings. The minimum absolute atomic E-state index is 0.0333. The van der Waals surface area contributed by atoms with E-state index in [1.165, 1.54) is 0 Å². The molecule has 8 heteroatoms. The number of carbonyl (C=O) groups is 3. The molecular weight excluding hydrogens is 328 g/mol. The van der Waals surface area contributed by atoms with E-state index in [1.54, 1.807) is 0 Å². The van der Waals surface area contributed by atoms with Crippen LogP contribution in [-0.4, -0.2) is 75.4 Å². The van der Waals surface area contributed by atoms with Gasteiger partial charge in [-0.3, -0.25) is 9.69 Å². The Kier molecular flexibility index (Phi) is 8.41. The highest BCUT2D eigenvalue weighted by atomic mass is 16.5. The van der Waals surface area contributed by atoms with E-state index in [4.69, 9.17) is 14.2 Å². The Morgan fingerprint density at radius 3 is 2.56 bits per heavy atom. The zero-order chi connectivity index (χ0) is 17.9. The van der Waals surface area contributed by atoms with Crippen LogP contribution in [0.15, 0.2) is 12.2 Å². The van der Waals surface area contributed by atoms with Gasteiger partial charge in [-0.15, -0.1) is 0 Å². The van der Waals surface area contributed by atoms with Crippen molar-refractivity contribution < 1.29 is 28.6 Å². The SMILES string of the molecule is O=C(/C=C/C(=O)OCC1CCNC1=O)OCCCCN1CCOCC1. The van der Waals surface area contributed by atoms with Crippen molar-refractivity contribution in [2.45, 2.75) is 19.3 Å². The Morgan fingerprint density at radius 1 is 1.16 bits per heavy atom. The van der Waals surface area contributed by atoms with E-state index < -0.39 is 11.9 Å². The summed E-state index contributed by atoms with van der Waals surface area (Å²) >= 11 is 0. The number of morpholine rings is 1. The molecule has 1 N–H and O–H groups in total. The van der Waals surface area contributed by atoms with Crippen molar-refractivity contribution in [3.63, 3.8) is 0 Å². The van der Waals surface area contributed by atoms with Gasteiger partial charge in [-0.05, 0) is 25.8 Å². The first-order chi connectivity index (χ1) is 12.1. The van der Waals surface area contributed by atoms with Crippen molar-refractivity contribution in [3.8, 4) is 0 Å². The topological polar surface area (TPSA) is 94.2 Å². The van der Waals surface area contributed by atoms with Gasteiger partial charge in [0.25, 0.3) is 0 Å². The molecule has 0 bridgehead atoms. The van der Waals surface area contributed by atoms with Crippen molar-refractivity contribution in [2.75, 3.05) is 52.6 Å². The molecule has 0 aromatic rings. The third-order valence-corrected chi connectivity index (χ3v) is 4.16. The normalized spacial score (nSPS) is 21.3. The predicted molar refractivity (Wildman–Crippen MR) is 88.7 cm³/mol. The van der Waals surface area contributed by atoms with Gasteiger partial charge in [-0.2, -0.15) is 0 Å². The molecule has 0 saturated carbocycles. The van der Waals surface area contributed by atoms with Crippen LogP contribution < -0.4 is 5.32 Å². The monoisotopic (exact) mass is 354 g/mol. The van der Waals surface area contributed by atoms with Crippen molar-refractivity contribution in [1.82, 2.24) is 10.2 Å². The van der Waals surface area contributed by atoms with Crippen molar-refractivity contribution in [2.24, 2.45) is 5.92 Å². The van der Waals surface area contributed by atoms with Gasteiger partial charge < -0.3 is 19.5 Å².